The lowest BCUT2D eigenvalue weighted by molar-refractivity contribution is -0.119. The Morgan fingerprint density at radius 2 is 2.33 bits per heavy atom. The Balaban J connectivity index is 2.40. The van der Waals surface area contributed by atoms with Gasteiger partial charge in [0.1, 0.15) is 6.61 Å². The summed E-state index contributed by atoms with van der Waals surface area (Å²) in [5, 5.41) is 12.0. The second-order valence-corrected chi connectivity index (χ2v) is 3.06. The van der Waals surface area contributed by atoms with Crippen molar-refractivity contribution in [2.24, 2.45) is 0 Å². The van der Waals surface area contributed by atoms with Crippen molar-refractivity contribution in [3.05, 3.63) is 18.2 Å². The summed E-state index contributed by atoms with van der Waals surface area (Å²) in [5.41, 5.74) is 5.92. The van der Waals surface area contributed by atoms with Crippen molar-refractivity contribution in [3.63, 3.8) is 0 Å². The summed E-state index contributed by atoms with van der Waals surface area (Å²) in [7, 11) is 0. The van der Waals surface area contributed by atoms with Crippen molar-refractivity contribution in [3.8, 4) is 11.5 Å². The number of hydrogen-bond acceptors (Lipinski definition) is 4. The number of rotatable bonds is 4. The number of hydrogen-bond donors (Lipinski definition) is 3. The molecule has 82 valence electrons. The van der Waals surface area contributed by atoms with Crippen molar-refractivity contribution in [1.82, 2.24) is 5.32 Å². The first-order valence-corrected chi connectivity index (χ1v) is 4.55. The minimum Gasteiger partial charge on any atom is -0.504 e. The largest absolute Gasteiger partial charge is 0.504 e. The van der Waals surface area contributed by atoms with Crippen LogP contribution in [-0.2, 0) is 4.79 Å². The molecule has 0 aliphatic rings. The molecule has 0 aromatic heterocycles. The quantitative estimate of drug-likeness (QED) is 0.498. The van der Waals surface area contributed by atoms with Gasteiger partial charge >= 0.3 is 0 Å². The summed E-state index contributed by atoms with van der Waals surface area (Å²) < 4.78 is 5.22. The molecule has 0 bridgehead atoms. The van der Waals surface area contributed by atoms with Gasteiger partial charge in [-0.2, -0.15) is 0 Å². The molecule has 5 heteroatoms. The minimum atomic E-state index is -0.111. The van der Waals surface area contributed by atoms with Crippen molar-refractivity contribution < 1.29 is 14.6 Å². The second kappa shape index (κ2) is 5.09. The van der Waals surface area contributed by atoms with E-state index in [-0.39, 0.29) is 11.7 Å². The lowest BCUT2D eigenvalue weighted by atomic mass is 10.3. The fourth-order valence-electron chi connectivity index (χ4n) is 1.04. The zero-order chi connectivity index (χ0) is 11.3. The summed E-state index contributed by atoms with van der Waals surface area (Å²) in [5.74, 6) is 0.243. The molecule has 1 aromatic rings. The van der Waals surface area contributed by atoms with Crippen LogP contribution in [0, 0.1) is 0 Å². The second-order valence-electron chi connectivity index (χ2n) is 3.06. The van der Waals surface area contributed by atoms with Gasteiger partial charge in [-0.25, -0.2) is 0 Å². The Labute approximate surface area is 87.9 Å². The highest BCUT2D eigenvalue weighted by molar-refractivity contribution is 5.72. The Morgan fingerprint density at radius 3 is 2.93 bits per heavy atom. The zero-order valence-electron chi connectivity index (χ0n) is 8.49. The first-order valence-electron chi connectivity index (χ1n) is 4.55. The zero-order valence-corrected chi connectivity index (χ0v) is 8.49. The number of carbonyl (C=O) groups is 1. The maximum Gasteiger partial charge on any atom is 0.216 e. The smallest absolute Gasteiger partial charge is 0.216 e. The molecule has 15 heavy (non-hydrogen) atoms. The molecule has 0 saturated carbocycles. The molecule has 0 saturated heterocycles. The lowest BCUT2D eigenvalue weighted by Crippen LogP contribution is -2.25. The summed E-state index contributed by atoms with van der Waals surface area (Å²) >= 11 is 0. The molecular formula is C10H14N2O3. The molecule has 0 heterocycles. The number of phenols is 1. The van der Waals surface area contributed by atoms with Gasteiger partial charge in [0.05, 0.1) is 6.54 Å². The Bertz CT molecular complexity index is 353. The molecule has 0 aliphatic carbocycles. The molecule has 5 nitrogen and oxygen atoms in total. The van der Waals surface area contributed by atoms with Gasteiger partial charge in [0.25, 0.3) is 0 Å². The highest BCUT2D eigenvalue weighted by Crippen LogP contribution is 2.27. The maximum absolute atomic E-state index is 10.5. The van der Waals surface area contributed by atoms with Crippen molar-refractivity contribution in [2.45, 2.75) is 6.92 Å². The van der Waals surface area contributed by atoms with Gasteiger partial charge in [0, 0.05) is 18.7 Å². The van der Waals surface area contributed by atoms with Gasteiger partial charge in [-0.05, 0) is 12.1 Å². The van der Waals surface area contributed by atoms with Gasteiger partial charge in [-0.3, -0.25) is 4.79 Å². The molecule has 0 unspecified atom stereocenters. The van der Waals surface area contributed by atoms with E-state index < -0.39 is 0 Å². The van der Waals surface area contributed by atoms with Crippen LogP contribution in [0.5, 0.6) is 11.5 Å². The lowest BCUT2D eigenvalue weighted by Gasteiger charge is -2.08. The summed E-state index contributed by atoms with van der Waals surface area (Å²) in [6.07, 6.45) is 0. The van der Waals surface area contributed by atoms with E-state index in [0.29, 0.717) is 24.6 Å². The van der Waals surface area contributed by atoms with Crippen LogP contribution >= 0.6 is 0 Å². The van der Waals surface area contributed by atoms with E-state index in [2.05, 4.69) is 5.32 Å². The monoisotopic (exact) mass is 210 g/mol. The first-order chi connectivity index (χ1) is 7.09. The number of nitrogens with two attached hydrogens (primary N) is 1. The van der Waals surface area contributed by atoms with Crippen LogP contribution in [0.4, 0.5) is 5.69 Å². The number of ether oxygens (including phenoxy) is 1. The molecular weight excluding hydrogens is 196 g/mol. The fourth-order valence-corrected chi connectivity index (χ4v) is 1.04. The number of carbonyl (C=O) groups excluding carboxylic acids is 1. The number of aromatic hydroxyl groups is 1. The van der Waals surface area contributed by atoms with Crippen LogP contribution in [0.3, 0.4) is 0 Å². The molecule has 4 N–H and O–H groups in total. The predicted molar refractivity (Wildman–Crippen MR) is 56.7 cm³/mol. The topological polar surface area (TPSA) is 84.6 Å². The fraction of sp³-hybridized carbons (Fsp3) is 0.300. The molecule has 1 amide bonds. The number of nitrogens with one attached hydrogen (secondary N) is 1. The molecule has 0 spiro atoms. The van der Waals surface area contributed by atoms with Crippen LogP contribution in [0.25, 0.3) is 0 Å². The van der Waals surface area contributed by atoms with Crippen LogP contribution in [-0.4, -0.2) is 24.2 Å². The summed E-state index contributed by atoms with van der Waals surface area (Å²) in [6.45, 7) is 2.14. The highest BCUT2D eigenvalue weighted by atomic mass is 16.5. The number of amides is 1. The van der Waals surface area contributed by atoms with Crippen LogP contribution < -0.4 is 15.8 Å². The SMILES string of the molecule is CC(=O)NCCOc1ccc(N)cc1O. The molecule has 1 rings (SSSR count). The van der Waals surface area contributed by atoms with Crippen LogP contribution in [0.2, 0.25) is 0 Å². The molecule has 0 atom stereocenters. The number of phenolic OH excluding ortho intramolecular Hbond substituents is 1. The number of anilines is 1. The average molecular weight is 210 g/mol. The third-order valence-corrected chi connectivity index (χ3v) is 1.72. The van der Waals surface area contributed by atoms with Gasteiger partial charge in [-0.15, -0.1) is 0 Å². The minimum absolute atomic E-state index is 0.00201. The molecule has 0 aliphatic heterocycles. The van der Waals surface area contributed by atoms with E-state index in [9.17, 15) is 9.90 Å². The third-order valence-electron chi connectivity index (χ3n) is 1.72. The van der Waals surface area contributed by atoms with Crippen molar-refractivity contribution in [2.75, 3.05) is 18.9 Å². The molecule has 0 fully saturated rings. The van der Waals surface area contributed by atoms with Gasteiger partial charge in [-0.1, -0.05) is 0 Å². The summed E-state index contributed by atoms with van der Waals surface area (Å²) in [6, 6.07) is 4.62. The Morgan fingerprint density at radius 1 is 1.60 bits per heavy atom. The Hall–Kier alpha value is -1.91. The molecule has 1 aromatic carbocycles. The van der Waals surface area contributed by atoms with Gasteiger partial charge < -0.3 is 20.9 Å². The highest BCUT2D eigenvalue weighted by Gasteiger charge is 2.01. The predicted octanol–water partition coefficient (Wildman–Crippen LogP) is 0.489. The van der Waals surface area contributed by atoms with E-state index >= 15 is 0 Å². The van der Waals surface area contributed by atoms with E-state index in [1.165, 1.54) is 13.0 Å². The first kappa shape index (κ1) is 11.2. The standard InChI is InChI=1S/C10H14N2O3/c1-7(13)12-4-5-15-10-3-2-8(11)6-9(10)14/h2-3,6,14H,4-5,11H2,1H3,(H,12,13). The average Bonchev–Trinajstić information content (AvgIpc) is 2.14. The van der Waals surface area contributed by atoms with E-state index in [0.717, 1.165) is 0 Å². The van der Waals surface area contributed by atoms with E-state index in [1.54, 1.807) is 12.1 Å². The van der Waals surface area contributed by atoms with Crippen LogP contribution in [0.1, 0.15) is 6.92 Å². The normalized spacial score (nSPS) is 9.67. The van der Waals surface area contributed by atoms with Crippen molar-refractivity contribution >= 4 is 11.6 Å². The third kappa shape index (κ3) is 3.76. The maximum atomic E-state index is 10.5. The van der Waals surface area contributed by atoms with Gasteiger partial charge in [0.15, 0.2) is 11.5 Å². The summed E-state index contributed by atoms with van der Waals surface area (Å²) in [4.78, 5) is 10.5. The van der Waals surface area contributed by atoms with Crippen molar-refractivity contribution in [1.29, 1.82) is 0 Å². The van der Waals surface area contributed by atoms with Crippen LogP contribution in [0.15, 0.2) is 18.2 Å². The van der Waals surface area contributed by atoms with E-state index in [4.69, 9.17) is 10.5 Å². The Kier molecular flexibility index (Phi) is 3.79. The number of nitrogen functional groups attached to an aromatic ring is 1. The molecule has 0 radical (unpaired) electrons. The van der Waals surface area contributed by atoms with E-state index in [1.807, 2.05) is 0 Å². The van der Waals surface area contributed by atoms with Gasteiger partial charge in [0.2, 0.25) is 5.91 Å². The number of benzene rings is 1.